The van der Waals surface area contributed by atoms with Crippen molar-refractivity contribution in [1.29, 1.82) is 0 Å². The molecule has 1 aromatic carbocycles. The number of alkyl halides is 3. The van der Waals surface area contributed by atoms with Crippen LogP contribution in [0.15, 0.2) is 28.9 Å². The molecule has 0 unspecified atom stereocenters. The van der Waals surface area contributed by atoms with Crippen molar-refractivity contribution in [2.24, 2.45) is 0 Å². The fraction of sp³-hybridized carbons (Fsp3) is 0.0909. The highest BCUT2D eigenvalue weighted by atomic mass is 79.9. The number of nitrogens with zero attached hydrogens (tertiary/aromatic N) is 2. The smallest absolute Gasteiger partial charge is 0.405 e. The van der Waals surface area contributed by atoms with Gasteiger partial charge in [0.15, 0.2) is 5.82 Å². The van der Waals surface area contributed by atoms with Crippen molar-refractivity contribution >= 4 is 50.6 Å². The molecule has 0 aliphatic rings. The third kappa shape index (κ3) is 4.62. The second-order valence-electron chi connectivity index (χ2n) is 3.65. The zero-order valence-electron chi connectivity index (χ0n) is 9.88. The van der Waals surface area contributed by atoms with E-state index in [9.17, 15) is 13.2 Å². The normalized spacial score (nSPS) is 11.3. The van der Waals surface area contributed by atoms with E-state index in [2.05, 4.69) is 36.0 Å². The maximum atomic E-state index is 12.2. The standard InChI is InChI=1S/C11H5BrCl2F3N3O/c12-6-3-5(1-2-8(6)21-11(15,16)17)19-9-7(13)4-18-10(14)20-9/h1-4H,(H,18,19,20). The van der Waals surface area contributed by atoms with Crippen LogP contribution in [0.2, 0.25) is 10.3 Å². The molecule has 2 rings (SSSR count). The molecule has 21 heavy (non-hydrogen) atoms. The van der Waals surface area contributed by atoms with Gasteiger partial charge in [-0.25, -0.2) is 4.98 Å². The van der Waals surface area contributed by atoms with Gasteiger partial charge < -0.3 is 10.1 Å². The number of ether oxygens (including phenoxy) is 1. The minimum atomic E-state index is -4.76. The van der Waals surface area contributed by atoms with Crippen molar-refractivity contribution in [3.63, 3.8) is 0 Å². The first-order chi connectivity index (χ1) is 9.74. The molecule has 0 fully saturated rings. The molecular formula is C11H5BrCl2F3N3O. The van der Waals surface area contributed by atoms with E-state index in [1.165, 1.54) is 18.3 Å². The minimum absolute atomic E-state index is 0.0157. The number of hydrogen-bond acceptors (Lipinski definition) is 4. The highest BCUT2D eigenvalue weighted by Crippen LogP contribution is 2.33. The van der Waals surface area contributed by atoms with Crippen LogP contribution in [0.3, 0.4) is 0 Å². The van der Waals surface area contributed by atoms with Gasteiger partial charge in [-0.1, -0.05) is 11.6 Å². The van der Waals surface area contributed by atoms with Crippen LogP contribution in [0.4, 0.5) is 24.7 Å². The molecule has 0 aliphatic carbocycles. The van der Waals surface area contributed by atoms with Crippen LogP contribution in [-0.4, -0.2) is 16.3 Å². The highest BCUT2D eigenvalue weighted by molar-refractivity contribution is 9.10. The molecule has 0 saturated heterocycles. The summed E-state index contributed by atoms with van der Waals surface area (Å²) in [5.74, 6) is -0.132. The van der Waals surface area contributed by atoms with Crippen molar-refractivity contribution in [3.05, 3.63) is 39.2 Å². The average Bonchev–Trinajstić information content (AvgIpc) is 2.36. The van der Waals surface area contributed by atoms with Crippen molar-refractivity contribution < 1.29 is 17.9 Å². The molecule has 0 aliphatic heterocycles. The molecule has 0 saturated carbocycles. The van der Waals surface area contributed by atoms with Crippen LogP contribution < -0.4 is 10.1 Å². The first-order valence-corrected chi connectivity index (χ1v) is 6.80. The van der Waals surface area contributed by atoms with Gasteiger partial charge in [0.25, 0.3) is 0 Å². The summed E-state index contributed by atoms with van der Waals surface area (Å²) in [6.45, 7) is 0. The Balaban J connectivity index is 2.22. The van der Waals surface area contributed by atoms with Gasteiger partial charge in [0.1, 0.15) is 10.8 Å². The summed E-state index contributed by atoms with van der Waals surface area (Å²) in [7, 11) is 0. The number of rotatable bonds is 3. The van der Waals surface area contributed by atoms with E-state index in [-0.39, 0.29) is 26.3 Å². The highest BCUT2D eigenvalue weighted by Gasteiger charge is 2.31. The molecule has 0 bridgehead atoms. The van der Waals surface area contributed by atoms with E-state index in [0.29, 0.717) is 5.69 Å². The van der Waals surface area contributed by atoms with E-state index in [4.69, 9.17) is 23.2 Å². The topological polar surface area (TPSA) is 47.0 Å². The Morgan fingerprint density at radius 3 is 2.57 bits per heavy atom. The molecule has 0 spiro atoms. The van der Waals surface area contributed by atoms with Gasteiger partial charge in [-0.05, 0) is 45.7 Å². The van der Waals surface area contributed by atoms with Crippen LogP contribution >= 0.6 is 39.1 Å². The van der Waals surface area contributed by atoms with Crippen LogP contribution in [0.25, 0.3) is 0 Å². The SMILES string of the molecule is FC(F)(F)Oc1ccc(Nc2nc(Cl)ncc2Cl)cc1Br. The first-order valence-electron chi connectivity index (χ1n) is 5.25. The Hall–Kier alpha value is -1.25. The van der Waals surface area contributed by atoms with Crippen molar-refractivity contribution in [2.75, 3.05) is 5.32 Å². The summed E-state index contributed by atoms with van der Waals surface area (Å²) in [6, 6.07) is 3.90. The number of aromatic nitrogens is 2. The number of halogens is 6. The largest absolute Gasteiger partial charge is 0.573 e. The molecule has 2 aromatic rings. The van der Waals surface area contributed by atoms with Gasteiger partial charge in [-0.15, -0.1) is 13.2 Å². The Labute approximate surface area is 135 Å². The molecule has 1 heterocycles. The van der Waals surface area contributed by atoms with Gasteiger partial charge in [0.05, 0.1) is 10.7 Å². The molecular weight excluding hydrogens is 398 g/mol. The van der Waals surface area contributed by atoms with E-state index in [0.717, 1.165) is 6.07 Å². The summed E-state index contributed by atoms with van der Waals surface area (Å²) in [4.78, 5) is 7.55. The van der Waals surface area contributed by atoms with Gasteiger partial charge in [0, 0.05) is 5.69 Å². The minimum Gasteiger partial charge on any atom is -0.405 e. The first kappa shape index (κ1) is 16.1. The lowest BCUT2D eigenvalue weighted by Crippen LogP contribution is -2.17. The lowest BCUT2D eigenvalue weighted by atomic mass is 10.3. The zero-order chi connectivity index (χ0) is 15.6. The summed E-state index contributed by atoms with van der Waals surface area (Å²) < 4.78 is 40.4. The van der Waals surface area contributed by atoms with Crippen molar-refractivity contribution in [3.8, 4) is 5.75 Å². The van der Waals surface area contributed by atoms with Crippen LogP contribution in [0, 0.1) is 0 Å². The second-order valence-corrected chi connectivity index (χ2v) is 5.25. The Morgan fingerprint density at radius 1 is 1.24 bits per heavy atom. The van der Waals surface area contributed by atoms with Gasteiger partial charge in [-0.3, -0.25) is 0 Å². The van der Waals surface area contributed by atoms with Crippen LogP contribution in [-0.2, 0) is 0 Å². The van der Waals surface area contributed by atoms with Crippen molar-refractivity contribution in [1.82, 2.24) is 9.97 Å². The fourth-order valence-corrected chi connectivity index (χ4v) is 2.09. The van der Waals surface area contributed by atoms with E-state index in [1.54, 1.807) is 0 Å². The number of hydrogen-bond donors (Lipinski definition) is 1. The molecule has 10 heteroatoms. The van der Waals surface area contributed by atoms with Crippen LogP contribution in [0.5, 0.6) is 5.75 Å². The molecule has 1 aromatic heterocycles. The lowest BCUT2D eigenvalue weighted by Gasteiger charge is -2.12. The van der Waals surface area contributed by atoms with Crippen molar-refractivity contribution in [2.45, 2.75) is 6.36 Å². The number of nitrogens with one attached hydrogen (secondary N) is 1. The molecule has 0 atom stereocenters. The third-order valence-corrected chi connectivity index (χ3v) is 3.21. The maximum absolute atomic E-state index is 12.2. The zero-order valence-corrected chi connectivity index (χ0v) is 13.0. The molecule has 1 N–H and O–H groups in total. The summed E-state index contributed by atoms with van der Waals surface area (Å²) in [5.41, 5.74) is 0.438. The summed E-state index contributed by atoms with van der Waals surface area (Å²) in [5, 5.41) is 3.01. The van der Waals surface area contributed by atoms with E-state index >= 15 is 0 Å². The Bertz CT molecular complexity index is 670. The lowest BCUT2D eigenvalue weighted by molar-refractivity contribution is -0.274. The molecule has 112 valence electrons. The molecule has 0 radical (unpaired) electrons. The average molecular weight is 403 g/mol. The van der Waals surface area contributed by atoms with Gasteiger partial charge in [-0.2, -0.15) is 4.98 Å². The monoisotopic (exact) mass is 401 g/mol. The number of anilines is 2. The molecule has 0 amide bonds. The summed E-state index contributed by atoms with van der Waals surface area (Å²) >= 11 is 14.5. The predicted molar refractivity (Wildman–Crippen MR) is 76.2 cm³/mol. The van der Waals surface area contributed by atoms with E-state index in [1.807, 2.05) is 0 Å². The fourth-order valence-electron chi connectivity index (χ4n) is 1.36. The third-order valence-electron chi connectivity index (χ3n) is 2.14. The predicted octanol–water partition coefficient (Wildman–Crippen LogP) is 5.19. The molecule has 4 nitrogen and oxygen atoms in total. The number of benzene rings is 1. The van der Waals surface area contributed by atoms with Gasteiger partial charge >= 0.3 is 6.36 Å². The van der Waals surface area contributed by atoms with E-state index < -0.39 is 6.36 Å². The quantitative estimate of drug-likeness (QED) is 0.718. The second kappa shape index (κ2) is 6.25. The van der Waals surface area contributed by atoms with Crippen LogP contribution in [0.1, 0.15) is 0 Å². The van der Waals surface area contributed by atoms with Gasteiger partial charge in [0.2, 0.25) is 5.28 Å². The Kier molecular flexibility index (Phi) is 4.80. The summed E-state index contributed by atoms with van der Waals surface area (Å²) in [6.07, 6.45) is -3.46. The maximum Gasteiger partial charge on any atom is 0.573 e. The Morgan fingerprint density at radius 2 is 1.95 bits per heavy atom.